The second-order valence-corrected chi connectivity index (χ2v) is 6.78. The second kappa shape index (κ2) is 7.58. The number of carbonyl (C=O) groups excluding carboxylic acids is 2. The van der Waals surface area contributed by atoms with Gasteiger partial charge in [0.1, 0.15) is 11.8 Å². The van der Waals surface area contributed by atoms with E-state index < -0.39 is 0 Å². The molecule has 0 saturated carbocycles. The summed E-state index contributed by atoms with van der Waals surface area (Å²) in [5.41, 5.74) is 3.45. The van der Waals surface area contributed by atoms with Crippen LogP contribution in [0.1, 0.15) is 33.8 Å². The number of benzene rings is 2. The number of aromatic nitrogens is 1. The molecule has 27 heavy (non-hydrogen) atoms. The van der Waals surface area contributed by atoms with Crippen molar-refractivity contribution in [3.63, 3.8) is 0 Å². The summed E-state index contributed by atoms with van der Waals surface area (Å²) in [4.78, 5) is 25.5. The highest BCUT2D eigenvalue weighted by atomic mass is 16.5. The first-order valence-corrected chi connectivity index (χ1v) is 9.08. The molecule has 1 aliphatic rings. The molecule has 3 aromatic rings. The number of hydrogen-bond acceptors (Lipinski definition) is 4. The number of likely N-dealkylation sites (tertiary alicyclic amines) is 1. The van der Waals surface area contributed by atoms with Crippen LogP contribution in [0.2, 0.25) is 0 Å². The van der Waals surface area contributed by atoms with Crippen molar-refractivity contribution in [2.45, 2.75) is 18.8 Å². The summed E-state index contributed by atoms with van der Waals surface area (Å²) >= 11 is 0. The Morgan fingerprint density at radius 2 is 1.93 bits per heavy atom. The number of rotatable bonds is 5. The van der Waals surface area contributed by atoms with Crippen LogP contribution in [0, 0.1) is 0 Å². The van der Waals surface area contributed by atoms with Gasteiger partial charge in [-0.05, 0) is 17.5 Å². The first kappa shape index (κ1) is 17.2. The lowest BCUT2D eigenvalue weighted by Crippen LogP contribution is -2.28. The van der Waals surface area contributed by atoms with Gasteiger partial charge in [0, 0.05) is 31.0 Å². The van der Waals surface area contributed by atoms with Crippen LogP contribution in [-0.2, 0) is 11.2 Å². The van der Waals surface area contributed by atoms with Crippen molar-refractivity contribution in [1.29, 1.82) is 0 Å². The monoisotopic (exact) mass is 360 g/mol. The van der Waals surface area contributed by atoms with E-state index in [0.717, 1.165) is 30.4 Å². The predicted molar refractivity (Wildman–Crippen MR) is 101 cm³/mol. The van der Waals surface area contributed by atoms with Gasteiger partial charge in [-0.2, -0.15) is 0 Å². The van der Waals surface area contributed by atoms with Gasteiger partial charge in [-0.15, -0.1) is 0 Å². The fourth-order valence-corrected chi connectivity index (χ4v) is 3.60. The zero-order chi connectivity index (χ0) is 18.6. The van der Waals surface area contributed by atoms with E-state index in [2.05, 4.69) is 17.3 Å². The van der Waals surface area contributed by atoms with Gasteiger partial charge in [0.05, 0.1) is 6.20 Å². The van der Waals surface area contributed by atoms with Gasteiger partial charge < -0.3 is 14.2 Å². The van der Waals surface area contributed by atoms with Crippen molar-refractivity contribution in [1.82, 2.24) is 10.1 Å². The Morgan fingerprint density at radius 1 is 1.15 bits per heavy atom. The minimum Gasteiger partial charge on any atom is -0.355 e. The fourth-order valence-electron chi connectivity index (χ4n) is 3.60. The molecule has 1 saturated heterocycles. The highest BCUT2D eigenvalue weighted by Crippen LogP contribution is 2.30. The fraction of sp³-hybridized carbons (Fsp3) is 0.227. The molecule has 0 spiro atoms. The lowest BCUT2D eigenvalue weighted by atomic mass is 9.99. The van der Waals surface area contributed by atoms with Gasteiger partial charge in [0.25, 0.3) is 5.91 Å². The summed E-state index contributed by atoms with van der Waals surface area (Å²) < 4.78 is 5.38. The van der Waals surface area contributed by atoms with E-state index >= 15 is 0 Å². The van der Waals surface area contributed by atoms with E-state index in [-0.39, 0.29) is 5.91 Å². The van der Waals surface area contributed by atoms with E-state index in [1.165, 1.54) is 11.8 Å². The molecule has 136 valence electrons. The summed E-state index contributed by atoms with van der Waals surface area (Å²) in [6, 6.07) is 17.7. The molecule has 1 atom stereocenters. The molecule has 2 aromatic carbocycles. The summed E-state index contributed by atoms with van der Waals surface area (Å²) in [7, 11) is 0. The number of hydrogen-bond donors (Lipinski definition) is 0. The Bertz CT molecular complexity index is 932. The van der Waals surface area contributed by atoms with Gasteiger partial charge in [0.2, 0.25) is 0 Å². The molecule has 0 aliphatic carbocycles. The second-order valence-electron chi connectivity index (χ2n) is 6.78. The maximum absolute atomic E-state index is 13.0. The minimum absolute atomic E-state index is 0.0540. The zero-order valence-electron chi connectivity index (χ0n) is 14.9. The Morgan fingerprint density at radius 3 is 2.67 bits per heavy atom. The highest BCUT2D eigenvalue weighted by Gasteiger charge is 2.30. The summed E-state index contributed by atoms with van der Waals surface area (Å²) in [5, 5.41) is 3.85. The zero-order valence-corrected chi connectivity index (χ0v) is 14.9. The minimum atomic E-state index is -0.0540. The molecule has 1 fully saturated rings. The molecule has 5 nitrogen and oxygen atoms in total. The van der Waals surface area contributed by atoms with Gasteiger partial charge in [-0.3, -0.25) is 4.79 Å². The third kappa shape index (κ3) is 3.53. The summed E-state index contributed by atoms with van der Waals surface area (Å²) in [6.45, 7) is 1.42. The largest absolute Gasteiger partial charge is 0.355 e. The summed E-state index contributed by atoms with van der Waals surface area (Å²) in [5.74, 6) is 0.781. The van der Waals surface area contributed by atoms with Crippen LogP contribution in [0.3, 0.4) is 0 Å². The van der Waals surface area contributed by atoms with Gasteiger partial charge in [-0.25, -0.2) is 0 Å². The van der Waals surface area contributed by atoms with Crippen LogP contribution in [0.15, 0.2) is 65.3 Å². The van der Waals surface area contributed by atoms with Crippen LogP contribution >= 0.6 is 0 Å². The molecule has 0 radical (unpaired) electrons. The maximum atomic E-state index is 13.0. The SMILES string of the molecule is O=CCc1ccc(-c2oncc2C(=O)N2CCC(c3ccccc3)C2)cc1. The van der Waals surface area contributed by atoms with Crippen LogP contribution in [0.25, 0.3) is 11.3 Å². The third-order valence-corrected chi connectivity index (χ3v) is 5.08. The molecule has 4 rings (SSSR count). The molecular weight excluding hydrogens is 340 g/mol. The van der Waals surface area contributed by atoms with E-state index in [1.54, 1.807) is 0 Å². The van der Waals surface area contributed by atoms with Crippen molar-refractivity contribution in [3.05, 3.63) is 77.5 Å². The molecule has 1 aromatic heterocycles. The van der Waals surface area contributed by atoms with Crippen molar-refractivity contribution < 1.29 is 14.1 Å². The topological polar surface area (TPSA) is 63.4 Å². The molecule has 1 aliphatic heterocycles. The van der Waals surface area contributed by atoms with E-state index in [0.29, 0.717) is 30.2 Å². The standard InChI is InChI=1S/C22H20N2O3/c25-13-11-16-6-8-18(9-7-16)21-20(14-23-27-21)22(26)24-12-10-19(15-24)17-4-2-1-3-5-17/h1-9,13-14,19H,10-12,15H2. The first-order chi connectivity index (χ1) is 13.3. The average Bonchev–Trinajstić information content (AvgIpc) is 3.39. The molecule has 5 heteroatoms. The molecule has 0 bridgehead atoms. The van der Waals surface area contributed by atoms with Crippen molar-refractivity contribution in [3.8, 4) is 11.3 Å². The molecule has 1 amide bonds. The van der Waals surface area contributed by atoms with Crippen LogP contribution in [0.4, 0.5) is 0 Å². The van der Waals surface area contributed by atoms with Gasteiger partial charge >= 0.3 is 0 Å². The molecule has 1 unspecified atom stereocenters. The van der Waals surface area contributed by atoms with Gasteiger partial charge in [0.15, 0.2) is 5.76 Å². The smallest absolute Gasteiger partial charge is 0.259 e. The Balaban J connectivity index is 1.52. The molecule has 2 heterocycles. The predicted octanol–water partition coefficient (Wildman–Crippen LogP) is 3.71. The quantitative estimate of drug-likeness (QED) is 0.651. The number of nitrogens with zero attached hydrogens (tertiary/aromatic N) is 2. The van der Waals surface area contributed by atoms with Crippen molar-refractivity contribution in [2.24, 2.45) is 0 Å². The number of amides is 1. The van der Waals surface area contributed by atoms with Crippen molar-refractivity contribution in [2.75, 3.05) is 13.1 Å². The van der Waals surface area contributed by atoms with Crippen LogP contribution in [0.5, 0.6) is 0 Å². The van der Waals surface area contributed by atoms with E-state index in [9.17, 15) is 9.59 Å². The Hall–Kier alpha value is -3.21. The van der Waals surface area contributed by atoms with Crippen molar-refractivity contribution >= 4 is 12.2 Å². The molecular formula is C22H20N2O3. The Kier molecular flexibility index (Phi) is 4.83. The average molecular weight is 360 g/mol. The number of carbonyl (C=O) groups is 2. The van der Waals surface area contributed by atoms with Crippen LogP contribution in [-0.4, -0.2) is 35.3 Å². The number of aldehydes is 1. The third-order valence-electron chi connectivity index (χ3n) is 5.08. The highest BCUT2D eigenvalue weighted by molar-refractivity contribution is 5.99. The maximum Gasteiger partial charge on any atom is 0.259 e. The molecule has 0 N–H and O–H groups in total. The van der Waals surface area contributed by atoms with E-state index in [1.807, 2.05) is 47.4 Å². The van der Waals surface area contributed by atoms with Gasteiger partial charge in [-0.1, -0.05) is 59.8 Å². The lowest BCUT2D eigenvalue weighted by molar-refractivity contribution is -0.107. The first-order valence-electron chi connectivity index (χ1n) is 9.08. The summed E-state index contributed by atoms with van der Waals surface area (Å²) in [6.07, 6.45) is 3.69. The normalized spacial score (nSPS) is 16.4. The van der Waals surface area contributed by atoms with Crippen LogP contribution < -0.4 is 0 Å². The lowest BCUT2D eigenvalue weighted by Gasteiger charge is -2.16. The van der Waals surface area contributed by atoms with E-state index in [4.69, 9.17) is 4.52 Å². The Labute approximate surface area is 157 Å².